The number of methoxy groups -OCH3 is 1. The van der Waals surface area contributed by atoms with Crippen molar-refractivity contribution in [2.24, 2.45) is 5.92 Å². The molecule has 0 aliphatic heterocycles. The maximum absolute atomic E-state index is 13.1. The molecular weight excluding hydrogens is 480 g/mol. The molecule has 0 unspecified atom stereocenters. The maximum atomic E-state index is 13.1. The van der Waals surface area contributed by atoms with Crippen LogP contribution in [0.15, 0.2) is 47.3 Å². The molecule has 2 atom stereocenters. The number of thioether (sulfide) groups is 1. The molecule has 9 heteroatoms. The van der Waals surface area contributed by atoms with E-state index in [1.165, 1.54) is 11.8 Å². The molecule has 1 aromatic heterocycles. The van der Waals surface area contributed by atoms with E-state index in [0.717, 1.165) is 18.4 Å². The fourth-order valence-corrected chi connectivity index (χ4v) is 4.40. The molecule has 0 saturated heterocycles. The molecule has 0 aliphatic rings. The minimum Gasteiger partial charge on any atom is -0.497 e. The Bertz CT molecular complexity index is 930. The second-order valence-electron chi connectivity index (χ2n) is 9.01. The first-order valence-corrected chi connectivity index (χ1v) is 13.5. The number of nitrogens with one attached hydrogen (secondary N) is 2. The first-order chi connectivity index (χ1) is 17.3. The van der Waals surface area contributed by atoms with Gasteiger partial charge in [-0.05, 0) is 49.1 Å². The molecule has 198 valence electrons. The molecule has 2 amide bonds. The van der Waals surface area contributed by atoms with Crippen molar-refractivity contribution >= 4 is 29.4 Å². The Kier molecular flexibility index (Phi) is 13.0. The monoisotopic (exact) mass is 518 g/mol. The number of hydrogen-bond acceptors (Lipinski definition) is 7. The van der Waals surface area contributed by atoms with Crippen LogP contribution >= 0.6 is 11.8 Å². The maximum Gasteiger partial charge on any atom is 0.258 e. The van der Waals surface area contributed by atoms with Crippen LogP contribution in [0, 0.1) is 5.92 Å². The molecule has 0 radical (unpaired) electrons. The predicted molar refractivity (Wildman–Crippen MR) is 141 cm³/mol. The minimum absolute atomic E-state index is 0.0252. The lowest BCUT2D eigenvalue weighted by Gasteiger charge is -2.24. The molecule has 1 aromatic carbocycles. The van der Waals surface area contributed by atoms with E-state index in [9.17, 15) is 14.4 Å². The molecule has 0 saturated carbocycles. The number of hydrogen-bond donors (Lipinski definition) is 2. The van der Waals surface area contributed by atoms with Gasteiger partial charge < -0.3 is 24.5 Å². The van der Waals surface area contributed by atoms with Crippen molar-refractivity contribution in [3.05, 3.63) is 48.4 Å². The first kappa shape index (κ1) is 29.3. The molecule has 0 fully saturated rings. The summed E-state index contributed by atoms with van der Waals surface area (Å²) in [6.45, 7) is 5.78. The van der Waals surface area contributed by atoms with E-state index in [0.29, 0.717) is 30.1 Å². The van der Waals surface area contributed by atoms with Gasteiger partial charge in [-0.3, -0.25) is 14.4 Å². The Morgan fingerprint density at radius 2 is 1.75 bits per heavy atom. The van der Waals surface area contributed by atoms with E-state index >= 15 is 0 Å². The van der Waals surface area contributed by atoms with Crippen molar-refractivity contribution in [2.75, 3.05) is 19.5 Å². The summed E-state index contributed by atoms with van der Waals surface area (Å²) >= 11 is 1.49. The highest BCUT2D eigenvalue weighted by Gasteiger charge is 2.27. The standard InChI is InChI=1S/C27H38N2O6S/c1-5-6-7-23(25(30)18-36-17-20-12-13-34-15-20)29-27(32)24(14-19(2)3)28-26(31)16-35-22-10-8-21(33-4)9-11-22/h8-13,15,19,23-24H,5-7,14,16-18H2,1-4H3,(H,28,31)(H,29,32)/t23-,24-/m0/s1. The molecule has 8 nitrogen and oxygen atoms in total. The molecule has 2 rings (SSSR count). The number of ketones is 1. The van der Waals surface area contributed by atoms with Crippen LogP contribution in [0.5, 0.6) is 11.5 Å². The van der Waals surface area contributed by atoms with Gasteiger partial charge >= 0.3 is 0 Å². The molecule has 36 heavy (non-hydrogen) atoms. The van der Waals surface area contributed by atoms with E-state index in [1.54, 1.807) is 43.9 Å². The second-order valence-corrected chi connectivity index (χ2v) is 9.99. The molecule has 2 aromatic rings. The van der Waals surface area contributed by atoms with Crippen LogP contribution in [0.1, 0.15) is 52.0 Å². The normalized spacial score (nSPS) is 12.6. The SMILES string of the molecule is CCCC[C@H](NC(=O)[C@H](CC(C)C)NC(=O)COc1ccc(OC)cc1)C(=O)CSCc1ccoc1. The van der Waals surface area contributed by atoms with Crippen molar-refractivity contribution < 1.29 is 28.3 Å². The van der Waals surface area contributed by atoms with Gasteiger partial charge in [-0.15, -0.1) is 11.8 Å². The second kappa shape index (κ2) is 15.9. The molecular formula is C27H38N2O6S. The van der Waals surface area contributed by atoms with Crippen molar-refractivity contribution in [1.29, 1.82) is 0 Å². The van der Waals surface area contributed by atoms with Crippen LogP contribution in [0.2, 0.25) is 0 Å². The fraction of sp³-hybridized carbons (Fsp3) is 0.519. The van der Waals surface area contributed by atoms with Crippen molar-refractivity contribution in [3.63, 3.8) is 0 Å². The van der Waals surface area contributed by atoms with Gasteiger partial charge in [0.05, 0.1) is 31.4 Å². The van der Waals surface area contributed by atoms with Gasteiger partial charge in [0, 0.05) is 11.3 Å². The van der Waals surface area contributed by atoms with Crippen LogP contribution < -0.4 is 20.1 Å². The summed E-state index contributed by atoms with van der Waals surface area (Å²) in [4.78, 5) is 38.6. The molecule has 1 heterocycles. The number of unbranched alkanes of at least 4 members (excludes halogenated alkanes) is 1. The minimum atomic E-state index is -0.757. The zero-order valence-electron chi connectivity index (χ0n) is 21.6. The molecule has 2 N–H and O–H groups in total. The van der Waals surface area contributed by atoms with E-state index in [1.807, 2.05) is 26.8 Å². The Balaban J connectivity index is 1.93. The first-order valence-electron chi connectivity index (χ1n) is 12.3. The topological polar surface area (TPSA) is 107 Å². The van der Waals surface area contributed by atoms with Crippen LogP contribution in [0.4, 0.5) is 0 Å². The smallest absolute Gasteiger partial charge is 0.258 e. The van der Waals surface area contributed by atoms with Crippen LogP contribution in [0.25, 0.3) is 0 Å². The highest BCUT2D eigenvalue weighted by atomic mass is 32.2. The Hall–Kier alpha value is -2.94. The van der Waals surface area contributed by atoms with Gasteiger partial charge in [0.25, 0.3) is 5.91 Å². The van der Waals surface area contributed by atoms with Gasteiger partial charge in [0.15, 0.2) is 12.4 Å². The zero-order valence-corrected chi connectivity index (χ0v) is 22.4. The van der Waals surface area contributed by atoms with Gasteiger partial charge in [-0.2, -0.15) is 0 Å². The van der Waals surface area contributed by atoms with Crippen LogP contribution in [-0.2, 0) is 20.1 Å². The van der Waals surface area contributed by atoms with Gasteiger partial charge in [-0.1, -0.05) is 33.6 Å². The number of ether oxygens (including phenoxy) is 2. The Morgan fingerprint density at radius 3 is 2.36 bits per heavy atom. The third-order valence-electron chi connectivity index (χ3n) is 5.43. The lowest BCUT2D eigenvalue weighted by Crippen LogP contribution is -2.53. The van der Waals surface area contributed by atoms with Gasteiger partial charge in [0.2, 0.25) is 5.91 Å². The molecule has 0 spiro atoms. The van der Waals surface area contributed by atoms with Crippen LogP contribution in [0.3, 0.4) is 0 Å². The average Bonchev–Trinajstić information content (AvgIpc) is 3.38. The number of amides is 2. The fourth-order valence-electron chi connectivity index (χ4n) is 3.50. The summed E-state index contributed by atoms with van der Waals surface area (Å²) in [5.41, 5.74) is 1.01. The third-order valence-corrected chi connectivity index (χ3v) is 6.46. The summed E-state index contributed by atoms with van der Waals surface area (Å²) < 4.78 is 15.7. The number of benzene rings is 1. The summed E-state index contributed by atoms with van der Waals surface area (Å²) in [5, 5.41) is 5.68. The number of carbonyl (C=O) groups is 3. The number of furan rings is 1. The predicted octanol–water partition coefficient (Wildman–Crippen LogP) is 4.38. The van der Waals surface area contributed by atoms with Gasteiger partial charge in [-0.25, -0.2) is 0 Å². The van der Waals surface area contributed by atoms with Crippen LogP contribution in [-0.4, -0.2) is 49.2 Å². The largest absolute Gasteiger partial charge is 0.497 e. The number of carbonyl (C=O) groups excluding carboxylic acids is 3. The van der Waals surface area contributed by atoms with E-state index in [-0.39, 0.29) is 30.0 Å². The molecule has 0 aliphatic carbocycles. The van der Waals surface area contributed by atoms with E-state index < -0.39 is 18.0 Å². The lowest BCUT2D eigenvalue weighted by molar-refractivity contribution is -0.132. The number of Topliss-reactive ketones (excluding diaryl/α,β-unsaturated/α-hetero) is 1. The van der Waals surface area contributed by atoms with E-state index in [2.05, 4.69) is 10.6 Å². The highest BCUT2D eigenvalue weighted by molar-refractivity contribution is 7.99. The van der Waals surface area contributed by atoms with Crippen molar-refractivity contribution in [3.8, 4) is 11.5 Å². The van der Waals surface area contributed by atoms with E-state index in [4.69, 9.17) is 13.9 Å². The number of rotatable bonds is 17. The third kappa shape index (κ3) is 10.8. The quantitative estimate of drug-likeness (QED) is 0.320. The zero-order chi connectivity index (χ0) is 26.3. The Morgan fingerprint density at radius 1 is 1.03 bits per heavy atom. The Labute approximate surface area is 217 Å². The molecule has 0 bridgehead atoms. The highest BCUT2D eigenvalue weighted by Crippen LogP contribution is 2.17. The average molecular weight is 519 g/mol. The summed E-state index contributed by atoms with van der Waals surface area (Å²) in [6, 6.07) is 7.42. The lowest BCUT2D eigenvalue weighted by atomic mass is 10.0. The van der Waals surface area contributed by atoms with Crippen molar-refractivity contribution in [1.82, 2.24) is 10.6 Å². The summed E-state index contributed by atoms with van der Waals surface area (Å²) in [5.74, 6) is 1.55. The van der Waals surface area contributed by atoms with Gasteiger partial charge in [0.1, 0.15) is 17.5 Å². The summed E-state index contributed by atoms with van der Waals surface area (Å²) in [7, 11) is 1.57. The van der Waals surface area contributed by atoms with Crippen molar-refractivity contribution in [2.45, 2.75) is 64.3 Å². The summed E-state index contributed by atoms with van der Waals surface area (Å²) in [6.07, 6.45) is 6.01.